The van der Waals surface area contributed by atoms with Gasteiger partial charge in [0.1, 0.15) is 5.75 Å². The maximum atomic E-state index is 13.9. The number of alkyl halides is 1. The molecule has 1 heterocycles. The lowest BCUT2D eigenvalue weighted by Gasteiger charge is -2.31. The van der Waals surface area contributed by atoms with Crippen LogP contribution in [0.1, 0.15) is 54.7 Å². The number of amides is 1. The van der Waals surface area contributed by atoms with Crippen molar-refractivity contribution in [1.29, 1.82) is 0 Å². The van der Waals surface area contributed by atoms with E-state index in [2.05, 4.69) is 23.6 Å². The molecule has 1 aliphatic carbocycles. The number of hydrogen-bond donors (Lipinski definition) is 2. The zero-order chi connectivity index (χ0) is 22.0. The number of carbonyl (C=O) groups excluding carboxylic acids is 1. The molecular weight excluding hydrogens is 410 g/mol. The Hall–Kier alpha value is -2.50. The molecule has 2 atom stereocenters. The van der Waals surface area contributed by atoms with E-state index < -0.39 is 0 Å². The van der Waals surface area contributed by atoms with Crippen molar-refractivity contribution in [2.75, 3.05) is 24.5 Å². The third-order valence-corrected chi connectivity index (χ3v) is 6.47. The maximum absolute atomic E-state index is 13.9. The molecule has 1 amide bonds. The van der Waals surface area contributed by atoms with Crippen molar-refractivity contribution in [3.8, 4) is 5.75 Å². The summed E-state index contributed by atoms with van der Waals surface area (Å²) in [6.45, 7) is 6.20. The fourth-order valence-corrected chi connectivity index (χ4v) is 4.62. The second-order valence-electron chi connectivity index (χ2n) is 8.37. The molecule has 2 aromatic rings. The smallest absolute Gasteiger partial charge is 0.234 e. The quantitative estimate of drug-likeness (QED) is 0.630. The fourth-order valence-electron chi connectivity index (χ4n) is 4.48. The molecule has 0 aromatic heterocycles. The number of aromatic hydroxyl groups is 1. The number of hydrazine groups is 1. The number of carbonyl (C=O) groups is 1. The monoisotopic (exact) mass is 439 g/mol. The van der Waals surface area contributed by atoms with Gasteiger partial charge in [-0.15, -0.1) is 11.6 Å². The van der Waals surface area contributed by atoms with E-state index in [1.165, 1.54) is 5.57 Å². The van der Waals surface area contributed by atoms with Gasteiger partial charge in [-0.1, -0.05) is 18.2 Å². The van der Waals surface area contributed by atoms with Gasteiger partial charge >= 0.3 is 0 Å². The number of benzene rings is 2. The zero-order valence-corrected chi connectivity index (χ0v) is 18.9. The third-order valence-electron chi connectivity index (χ3n) is 6.22. The van der Waals surface area contributed by atoms with Crippen LogP contribution < -0.4 is 10.3 Å². The van der Waals surface area contributed by atoms with E-state index in [1.54, 1.807) is 12.1 Å². The normalized spacial score (nSPS) is 19.0. The highest BCUT2D eigenvalue weighted by Crippen LogP contribution is 2.36. The first-order valence-corrected chi connectivity index (χ1v) is 11.5. The van der Waals surface area contributed by atoms with E-state index in [4.69, 9.17) is 11.6 Å². The van der Waals surface area contributed by atoms with Crippen LogP contribution in [-0.2, 0) is 11.2 Å². The number of phenols is 1. The Balaban J connectivity index is 1.66. The van der Waals surface area contributed by atoms with Crippen LogP contribution in [0, 0.1) is 0 Å². The van der Waals surface area contributed by atoms with Crippen LogP contribution in [0.4, 0.5) is 5.69 Å². The Labute approximate surface area is 189 Å². The van der Waals surface area contributed by atoms with Gasteiger partial charge in [-0.05, 0) is 79.6 Å². The van der Waals surface area contributed by atoms with Crippen molar-refractivity contribution in [1.82, 2.24) is 10.4 Å². The summed E-state index contributed by atoms with van der Waals surface area (Å²) in [6, 6.07) is 13.4. The number of halogens is 1. The highest BCUT2D eigenvalue weighted by molar-refractivity contribution is 6.20. The largest absolute Gasteiger partial charge is 0.508 e. The van der Waals surface area contributed by atoms with Gasteiger partial charge in [0.25, 0.3) is 0 Å². The SMILES string of the molecule is CCN1C=C(CN(C(=O)[C@@H]2CCCc3cc(O)ccc32)c2ccc(C(C)Cl)cc2)CN1. The number of nitrogens with zero attached hydrogens (tertiary/aromatic N) is 2. The number of anilines is 1. The predicted molar refractivity (Wildman–Crippen MR) is 125 cm³/mol. The molecule has 0 spiro atoms. The van der Waals surface area contributed by atoms with Crippen LogP contribution in [0.5, 0.6) is 5.75 Å². The van der Waals surface area contributed by atoms with Gasteiger partial charge in [-0.25, -0.2) is 5.43 Å². The van der Waals surface area contributed by atoms with Crippen molar-refractivity contribution in [2.45, 2.75) is 44.4 Å². The predicted octanol–water partition coefficient (Wildman–Crippen LogP) is 4.87. The standard InChI is InChI=1S/C25H30ClN3O2/c1-3-28-15-18(14-27-28)16-29(21-9-7-19(8-10-21)17(2)26)25(31)24-6-4-5-20-13-22(30)11-12-23(20)24/h7-13,15,17,24,27,30H,3-6,14,16H2,1-2H3/t17?,24-/m1/s1. The minimum atomic E-state index is -0.201. The minimum absolute atomic E-state index is 0.0732. The van der Waals surface area contributed by atoms with E-state index >= 15 is 0 Å². The zero-order valence-electron chi connectivity index (χ0n) is 18.1. The summed E-state index contributed by atoms with van der Waals surface area (Å²) < 4.78 is 0. The molecular formula is C25H30ClN3O2. The molecule has 164 valence electrons. The maximum Gasteiger partial charge on any atom is 0.234 e. The first-order chi connectivity index (χ1) is 15.0. The fraction of sp³-hybridized carbons (Fsp3) is 0.400. The van der Waals surface area contributed by atoms with E-state index in [-0.39, 0.29) is 23.0 Å². The molecule has 2 aromatic carbocycles. The lowest BCUT2D eigenvalue weighted by molar-refractivity contribution is -0.120. The van der Waals surface area contributed by atoms with Crippen LogP contribution in [0.25, 0.3) is 0 Å². The summed E-state index contributed by atoms with van der Waals surface area (Å²) in [5, 5.41) is 11.9. The molecule has 5 nitrogen and oxygen atoms in total. The van der Waals surface area contributed by atoms with Gasteiger partial charge in [0, 0.05) is 31.5 Å². The number of aryl methyl sites for hydroxylation is 1. The highest BCUT2D eigenvalue weighted by atomic mass is 35.5. The molecule has 2 aliphatic rings. The van der Waals surface area contributed by atoms with E-state index in [1.807, 2.05) is 42.2 Å². The van der Waals surface area contributed by atoms with Crippen LogP contribution >= 0.6 is 11.6 Å². The van der Waals surface area contributed by atoms with E-state index in [9.17, 15) is 9.90 Å². The number of rotatable bonds is 6. The van der Waals surface area contributed by atoms with Crippen LogP contribution in [0.15, 0.2) is 54.2 Å². The Morgan fingerprint density at radius 1 is 1.29 bits per heavy atom. The van der Waals surface area contributed by atoms with Crippen LogP contribution in [0.3, 0.4) is 0 Å². The molecule has 0 bridgehead atoms. The Morgan fingerprint density at radius 2 is 2.06 bits per heavy atom. The van der Waals surface area contributed by atoms with Gasteiger partial charge in [-0.2, -0.15) is 0 Å². The van der Waals surface area contributed by atoms with Crippen molar-refractivity contribution in [3.05, 3.63) is 70.9 Å². The summed E-state index contributed by atoms with van der Waals surface area (Å²) in [6.07, 6.45) is 4.76. The molecule has 0 fully saturated rings. The van der Waals surface area contributed by atoms with Gasteiger partial charge in [0.15, 0.2) is 0 Å². The average molecular weight is 440 g/mol. The summed E-state index contributed by atoms with van der Waals surface area (Å²) in [5.74, 6) is 0.165. The van der Waals surface area contributed by atoms with Crippen LogP contribution in [0.2, 0.25) is 0 Å². The van der Waals surface area contributed by atoms with Crippen molar-refractivity contribution >= 4 is 23.2 Å². The number of hydrogen-bond acceptors (Lipinski definition) is 4. The lowest BCUT2D eigenvalue weighted by Crippen LogP contribution is -2.38. The molecule has 0 saturated heterocycles. The molecule has 2 N–H and O–H groups in total. The second kappa shape index (κ2) is 9.33. The minimum Gasteiger partial charge on any atom is -0.508 e. The van der Waals surface area contributed by atoms with Gasteiger partial charge in [-0.3, -0.25) is 4.79 Å². The third kappa shape index (κ3) is 4.73. The van der Waals surface area contributed by atoms with Gasteiger partial charge in [0.05, 0.1) is 11.3 Å². The van der Waals surface area contributed by atoms with Crippen molar-refractivity contribution in [2.24, 2.45) is 0 Å². The topological polar surface area (TPSA) is 55.8 Å². The Bertz CT molecular complexity index is 971. The Kier molecular flexibility index (Phi) is 6.54. The number of phenolic OH excluding ortho intramolecular Hbond substituents is 1. The van der Waals surface area contributed by atoms with Gasteiger partial charge < -0.3 is 15.0 Å². The van der Waals surface area contributed by atoms with E-state index in [0.717, 1.165) is 54.7 Å². The molecule has 0 saturated carbocycles. The van der Waals surface area contributed by atoms with Crippen LogP contribution in [-0.4, -0.2) is 35.7 Å². The Morgan fingerprint density at radius 3 is 2.74 bits per heavy atom. The molecule has 0 radical (unpaired) electrons. The molecule has 31 heavy (non-hydrogen) atoms. The molecule has 4 rings (SSSR count). The highest BCUT2D eigenvalue weighted by Gasteiger charge is 2.32. The summed E-state index contributed by atoms with van der Waals surface area (Å²) >= 11 is 6.23. The summed E-state index contributed by atoms with van der Waals surface area (Å²) in [4.78, 5) is 15.8. The van der Waals surface area contributed by atoms with Crippen molar-refractivity contribution in [3.63, 3.8) is 0 Å². The first kappa shape index (κ1) is 21.7. The summed E-state index contributed by atoms with van der Waals surface area (Å²) in [7, 11) is 0. The average Bonchev–Trinajstić information content (AvgIpc) is 3.24. The van der Waals surface area contributed by atoms with Crippen molar-refractivity contribution < 1.29 is 9.90 Å². The van der Waals surface area contributed by atoms with E-state index in [0.29, 0.717) is 6.54 Å². The molecule has 1 unspecified atom stereocenters. The van der Waals surface area contributed by atoms with Gasteiger partial charge in [0.2, 0.25) is 5.91 Å². The second-order valence-corrected chi connectivity index (χ2v) is 9.02. The molecule has 1 aliphatic heterocycles. The number of nitrogens with one attached hydrogen (secondary N) is 1. The first-order valence-electron chi connectivity index (χ1n) is 11.0. The lowest BCUT2D eigenvalue weighted by atomic mass is 9.81. The number of fused-ring (bicyclic) bond motifs is 1. The summed E-state index contributed by atoms with van der Waals surface area (Å²) in [5.41, 5.74) is 8.55. The molecule has 6 heteroatoms.